The summed E-state index contributed by atoms with van der Waals surface area (Å²) < 4.78 is 29.9. The van der Waals surface area contributed by atoms with E-state index < -0.39 is 19.5 Å². The fraction of sp³-hybridized carbons (Fsp3) is 0.667. The van der Waals surface area contributed by atoms with Gasteiger partial charge in [0.15, 0.2) is 0 Å². The van der Waals surface area contributed by atoms with Gasteiger partial charge >= 0.3 is 13.5 Å². The molecule has 1 N–H and O–H groups in total. The van der Waals surface area contributed by atoms with Crippen LogP contribution in [0.2, 0.25) is 0 Å². The Bertz CT molecular complexity index is 717. The van der Waals surface area contributed by atoms with Gasteiger partial charge in [-0.2, -0.15) is 0 Å². The van der Waals surface area contributed by atoms with Crippen molar-refractivity contribution < 1.29 is 23.4 Å². The third-order valence-electron chi connectivity index (χ3n) is 5.09. The van der Waals surface area contributed by atoms with Crippen molar-refractivity contribution in [2.75, 3.05) is 20.1 Å². The molecule has 2 rings (SSSR count). The molecule has 1 aliphatic carbocycles. The second-order valence-electron chi connectivity index (χ2n) is 7.83. The van der Waals surface area contributed by atoms with Crippen LogP contribution in [0.15, 0.2) is 18.2 Å². The number of rotatable bonds is 11. The van der Waals surface area contributed by atoms with Gasteiger partial charge in [0.25, 0.3) is 0 Å². The standard InChI is InChI=1S/C21H34NO5P/c1-7-26-21(23)16(5)22-28(24,13-25-6)27-20-18(14(2)3)9-8-10-19(20)15(4)17-11-12-17/h8-10,14-17H,7,11-13H2,1-6H3,(H,22,24)/t15-,16+,28+/m1/s1. The number of ether oxygens (including phenoxy) is 2. The molecule has 28 heavy (non-hydrogen) atoms. The number of para-hydroxylation sites is 1. The lowest BCUT2D eigenvalue weighted by molar-refractivity contribution is -0.144. The molecular weight excluding hydrogens is 377 g/mol. The Morgan fingerprint density at radius 2 is 1.86 bits per heavy atom. The van der Waals surface area contributed by atoms with Gasteiger partial charge < -0.3 is 14.0 Å². The van der Waals surface area contributed by atoms with Crippen LogP contribution in [-0.2, 0) is 18.8 Å². The van der Waals surface area contributed by atoms with Gasteiger partial charge in [-0.1, -0.05) is 39.0 Å². The van der Waals surface area contributed by atoms with Crippen molar-refractivity contribution in [1.29, 1.82) is 0 Å². The number of hydrogen-bond acceptors (Lipinski definition) is 5. The maximum Gasteiger partial charge on any atom is 0.342 e. The average molecular weight is 411 g/mol. The van der Waals surface area contributed by atoms with Crippen molar-refractivity contribution in [2.45, 2.75) is 65.3 Å². The van der Waals surface area contributed by atoms with E-state index in [4.69, 9.17) is 14.0 Å². The van der Waals surface area contributed by atoms with Gasteiger partial charge in [0.2, 0.25) is 0 Å². The van der Waals surface area contributed by atoms with Gasteiger partial charge in [0.1, 0.15) is 18.1 Å². The number of methoxy groups -OCH3 is 1. The third kappa shape index (κ3) is 5.82. The molecule has 0 aliphatic heterocycles. The lowest BCUT2D eigenvalue weighted by Crippen LogP contribution is -2.35. The maximum absolute atomic E-state index is 13.6. The van der Waals surface area contributed by atoms with Crippen LogP contribution in [-0.4, -0.2) is 32.1 Å². The third-order valence-corrected chi connectivity index (χ3v) is 6.94. The van der Waals surface area contributed by atoms with Crippen LogP contribution >= 0.6 is 7.52 Å². The molecule has 1 saturated carbocycles. The van der Waals surface area contributed by atoms with E-state index in [1.165, 1.54) is 20.0 Å². The fourth-order valence-corrected chi connectivity index (χ4v) is 5.09. The van der Waals surface area contributed by atoms with Crippen molar-refractivity contribution in [1.82, 2.24) is 5.09 Å². The Hall–Kier alpha value is -1.36. The largest absolute Gasteiger partial charge is 0.465 e. The fourth-order valence-electron chi connectivity index (χ4n) is 3.36. The minimum Gasteiger partial charge on any atom is -0.465 e. The van der Waals surface area contributed by atoms with Gasteiger partial charge in [-0.05, 0) is 55.6 Å². The van der Waals surface area contributed by atoms with Gasteiger partial charge in [0.05, 0.1) is 6.61 Å². The number of esters is 1. The van der Waals surface area contributed by atoms with Crippen molar-refractivity contribution in [2.24, 2.45) is 5.92 Å². The first kappa shape index (κ1) is 22.9. The average Bonchev–Trinajstić information content (AvgIpc) is 3.46. The number of nitrogens with one attached hydrogen (secondary N) is 1. The normalized spacial score (nSPS) is 18.4. The number of carbonyl (C=O) groups is 1. The molecule has 7 heteroatoms. The smallest absolute Gasteiger partial charge is 0.342 e. The number of hydrogen-bond donors (Lipinski definition) is 1. The van der Waals surface area contributed by atoms with Crippen molar-refractivity contribution >= 4 is 13.5 Å². The minimum absolute atomic E-state index is 0.138. The zero-order chi connectivity index (χ0) is 20.9. The zero-order valence-electron chi connectivity index (χ0n) is 17.9. The highest BCUT2D eigenvalue weighted by Crippen LogP contribution is 2.51. The molecule has 0 radical (unpaired) electrons. The van der Waals surface area contributed by atoms with Crippen LogP contribution in [0.1, 0.15) is 70.4 Å². The maximum atomic E-state index is 13.6. The molecule has 3 atom stereocenters. The van der Waals surface area contributed by atoms with Gasteiger partial charge in [-0.15, -0.1) is 0 Å². The first-order valence-electron chi connectivity index (χ1n) is 10.1. The van der Waals surface area contributed by atoms with E-state index in [-0.39, 0.29) is 18.9 Å². The second kappa shape index (κ2) is 9.91. The van der Waals surface area contributed by atoms with Crippen LogP contribution in [0.25, 0.3) is 0 Å². The van der Waals surface area contributed by atoms with E-state index in [9.17, 15) is 9.36 Å². The van der Waals surface area contributed by atoms with Crippen molar-refractivity contribution in [3.05, 3.63) is 29.3 Å². The summed E-state index contributed by atoms with van der Waals surface area (Å²) in [7, 11) is -2.02. The summed E-state index contributed by atoms with van der Waals surface area (Å²) >= 11 is 0. The molecule has 1 aromatic rings. The Kier molecular flexibility index (Phi) is 8.11. The molecule has 1 fully saturated rings. The Morgan fingerprint density at radius 1 is 1.21 bits per heavy atom. The summed E-state index contributed by atoms with van der Waals surface area (Å²) in [4.78, 5) is 12.0. The van der Waals surface area contributed by atoms with Gasteiger partial charge in [-0.3, -0.25) is 9.36 Å². The molecule has 1 aromatic carbocycles. The highest BCUT2D eigenvalue weighted by molar-refractivity contribution is 7.57. The molecule has 0 spiro atoms. The van der Waals surface area contributed by atoms with E-state index in [1.807, 2.05) is 12.1 Å². The van der Waals surface area contributed by atoms with E-state index >= 15 is 0 Å². The van der Waals surface area contributed by atoms with Crippen LogP contribution < -0.4 is 9.61 Å². The molecule has 0 aromatic heterocycles. The molecule has 0 amide bonds. The minimum atomic E-state index is -3.49. The molecular formula is C21H34NO5P. The molecule has 0 bridgehead atoms. The topological polar surface area (TPSA) is 73.9 Å². The Morgan fingerprint density at radius 3 is 2.39 bits per heavy atom. The zero-order valence-corrected chi connectivity index (χ0v) is 18.8. The van der Waals surface area contributed by atoms with Gasteiger partial charge in [0, 0.05) is 7.11 Å². The summed E-state index contributed by atoms with van der Waals surface area (Å²) in [5, 5.41) is 2.84. The predicted molar refractivity (Wildman–Crippen MR) is 111 cm³/mol. The molecule has 6 nitrogen and oxygen atoms in total. The first-order chi connectivity index (χ1) is 13.2. The monoisotopic (exact) mass is 411 g/mol. The lowest BCUT2D eigenvalue weighted by atomic mass is 9.90. The highest BCUT2D eigenvalue weighted by atomic mass is 31.2. The van der Waals surface area contributed by atoms with Crippen LogP contribution in [0.5, 0.6) is 5.75 Å². The molecule has 0 saturated heterocycles. The van der Waals surface area contributed by atoms with Gasteiger partial charge in [-0.25, -0.2) is 5.09 Å². The SMILES string of the molecule is CCOC(=O)[C@H](C)N[P@](=O)(COC)Oc1c(C(C)C)cccc1[C@H](C)C1CC1. The van der Waals surface area contributed by atoms with E-state index in [1.54, 1.807) is 13.8 Å². The van der Waals surface area contributed by atoms with Crippen molar-refractivity contribution in [3.63, 3.8) is 0 Å². The lowest BCUT2D eigenvalue weighted by Gasteiger charge is -2.27. The number of benzene rings is 1. The van der Waals surface area contributed by atoms with E-state index in [0.29, 0.717) is 17.6 Å². The Labute approximate surface area is 168 Å². The number of carbonyl (C=O) groups excluding carboxylic acids is 1. The summed E-state index contributed by atoms with van der Waals surface area (Å²) in [6.45, 7) is 9.98. The van der Waals surface area contributed by atoms with Crippen LogP contribution in [0, 0.1) is 5.92 Å². The molecule has 1 aliphatic rings. The molecule has 158 valence electrons. The summed E-state index contributed by atoms with van der Waals surface area (Å²) in [6.07, 6.45) is 2.28. The molecule has 0 unspecified atom stereocenters. The van der Waals surface area contributed by atoms with Crippen molar-refractivity contribution in [3.8, 4) is 5.75 Å². The highest BCUT2D eigenvalue weighted by Gasteiger charge is 2.35. The summed E-state index contributed by atoms with van der Waals surface area (Å²) in [5.74, 6) is 1.36. The summed E-state index contributed by atoms with van der Waals surface area (Å²) in [5.41, 5.74) is 2.07. The van der Waals surface area contributed by atoms with Crippen LogP contribution in [0.3, 0.4) is 0 Å². The van der Waals surface area contributed by atoms with Crippen LogP contribution in [0.4, 0.5) is 0 Å². The Balaban J connectivity index is 2.37. The van der Waals surface area contributed by atoms with E-state index in [2.05, 4.69) is 31.9 Å². The first-order valence-corrected chi connectivity index (χ1v) is 11.9. The second-order valence-corrected chi connectivity index (χ2v) is 9.88. The quantitative estimate of drug-likeness (QED) is 0.406. The molecule has 0 heterocycles. The van der Waals surface area contributed by atoms with E-state index in [0.717, 1.165) is 11.1 Å². The predicted octanol–water partition coefficient (Wildman–Crippen LogP) is 5.04. The summed E-state index contributed by atoms with van der Waals surface area (Å²) in [6, 6.07) is 5.33.